The van der Waals surface area contributed by atoms with Crippen LogP contribution in [-0.4, -0.2) is 16.5 Å². The second-order valence-electron chi connectivity index (χ2n) is 3.68. The Morgan fingerprint density at radius 3 is 2.75 bits per heavy atom. The average molecular weight is 239 g/mol. The summed E-state index contributed by atoms with van der Waals surface area (Å²) in [7, 11) is 0. The van der Waals surface area contributed by atoms with Gasteiger partial charge in [0.05, 0.1) is 11.7 Å². The van der Waals surface area contributed by atoms with Crippen LogP contribution in [0.25, 0.3) is 0 Å². The average Bonchev–Trinajstić information content (AvgIpc) is 2.27. The van der Waals surface area contributed by atoms with Gasteiger partial charge in [-0.05, 0) is 24.6 Å². The van der Waals surface area contributed by atoms with Gasteiger partial charge in [0, 0.05) is 11.0 Å². The molecular formula is C12H14FNOS. The standard InChI is InChI=1S/C12H14FNOS/c1-8(15)9(2)16-7-10-3-4-12(13)11(5-10)6-14/h3-5,8-9,15H,7H2,1-2H3. The number of benzene rings is 1. The van der Waals surface area contributed by atoms with E-state index in [1.165, 1.54) is 6.07 Å². The van der Waals surface area contributed by atoms with Gasteiger partial charge in [-0.1, -0.05) is 13.0 Å². The van der Waals surface area contributed by atoms with E-state index in [1.54, 1.807) is 30.8 Å². The lowest BCUT2D eigenvalue weighted by Gasteiger charge is -2.13. The lowest BCUT2D eigenvalue weighted by molar-refractivity contribution is 0.196. The van der Waals surface area contributed by atoms with Crippen LogP contribution in [0.5, 0.6) is 0 Å². The third-order valence-corrected chi connectivity index (χ3v) is 3.76. The predicted molar refractivity (Wildman–Crippen MR) is 63.6 cm³/mol. The number of aliphatic hydroxyl groups excluding tert-OH is 1. The zero-order valence-electron chi connectivity index (χ0n) is 9.27. The van der Waals surface area contributed by atoms with Crippen molar-refractivity contribution in [1.29, 1.82) is 5.26 Å². The van der Waals surface area contributed by atoms with Crippen molar-refractivity contribution in [3.05, 3.63) is 35.1 Å². The summed E-state index contributed by atoms with van der Waals surface area (Å²) in [5, 5.41) is 18.1. The van der Waals surface area contributed by atoms with Crippen LogP contribution in [0.4, 0.5) is 4.39 Å². The Labute approximate surface area is 99.1 Å². The molecular weight excluding hydrogens is 225 g/mol. The molecule has 0 saturated heterocycles. The van der Waals surface area contributed by atoms with Crippen molar-refractivity contribution in [2.24, 2.45) is 0 Å². The van der Waals surface area contributed by atoms with Crippen LogP contribution in [0, 0.1) is 17.1 Å². The normalized spacial score (nSPS) is 14.2. The van der Waals surface area contributed by atoms with Crippen molar-refractivity contribution in [2.75, 3.05) is 0 Å². The Balaban J connectivity index is 2.65. The first-order valence-electron chi connectivity index (χ1n) is 5.02. The summed E-state index contributed by atoms with van der Waals surface area (Å²) in [4.78, 5) is 0. The van der Waals surface area contributed by atoms with Gasteiger partial charge in [0.1, 0.15) is 11.9 Å². The van der Waals surface area contributed by atoms with Crippen LogP contribution in [0.1, 0.15) is 25.0 Å². The molecule has 2 unspecified atom stereocenters. The first-order valence-corrected chi connectivity index (χ1v) is 6.07. The Morgan fingerprint density at radius 1 is 1.50 bits per heavy atom. The van der Waals surface area contributed by atoms with E-state index >= 15 is 0 Å². The zero-order chi connectivity index (χ0) is 12.1. The number of nitriles is 1. The van der Waals surface area contributed by atoms with Gasteiger partial charge in [-0.3, -0.25) is 0 Å². The minimum Gasteiger partial charge on any atom is -0.392 e. The molecule has 1 rings (SSSR count). The predicted octanol–water partition coefficient (Wildman–Crippen LogP) is 2.70. The molecule has 2 atom stereocenters. The lowest BCUT2D eigenvalue weighted by atomic mass is 10.1. The minimum atomic E-state index is -0.486. The molecule has 0 aliphatic heterocycles. The zero-order valence-corrected chi connectivity index (χ0v) is 10.1. The van der Waals surface area contributed by atoms with E-state index < -0.39 is 5.82 Å². The number of aliphatic hydroxyl groups is 1. The molecule has 16 heavy (non-hydrogen) atoms. The third kappa shape index (κ3) is 3.51. The Hall–Kier alpha value is -1.05. The largest absolute Gasteiger partial charge is 0.392 e. The molecule has 0 saturated carbocycles. The molecule has 0 bridgehead atoms. The van der Waals surface area contributed by atoms with Crippen molar-refractivity contribution in [3.63, 3.8) is 0 Å². The van der Waals surface area contributed by atoms with Gasteiger partial charge in [0.2, 0.25) is 0 Å². The fourth-order valence-corrected chi connectivity index (χ4v) is 2.03. The highest BCUT2D eigenvalue weighted by atomic mass is 32.2. The van der Waals surface area contributed by atoms with E-state index in [-0.39, 0.29) is 16.9 Å². The van der Waals surface area contributed by atoms with E-state index in [9.17, 15) is 9.50 Å². The molecule has 0 heterocycles. The number of hydrogen-bond donors (Lipinski definition) is 1. The van der Waals surface area contributed by atoms with Crippen LogP contribution in [0.3, 0.4) is 0 Å². The first kappa shape index (κ1) is 13.0. The van der Waals surface area contributed by atoms with Gasteiger partial charge in [-0.2, -0.15) is 17.0 Å². The highest BCUT2D eigenvalue weighted by Gasteiger charge is 2.10. The molecule has 0 spiro atoms. The molecule has 0 amide bonds. The van der Waals surface area contributed by atoms with Crippen LogP contribution in [0.2, 0.25) is 0 Å². The van der Waals surface area contributed by atoms with E-state index in [4.69, 9.17) is 5.26 Å². The molecule has 1 N–H and O–H groups in total. The van der Waals surface area contributed by atoms with Crippen molar-refractivity contribution < 1.29 is 9.50 Å². The summed E-state index contributed by atoms with van der Waals surface area (Å²) in [6, 6.07) is 6.34. The fraction of sp³-hybridized carbons (Fsp3) is 0.417. The Bertz CT molecular complexity index is 400. The molecule has 0 fully saturated rings. The maximum Gasteiger partial charge on any atom is 0.140 e. The van der Waals surface area contributed by atoms with E-state index in [0.29, 0.717) is 5.75 Å². The lowest BCUT2D eigenvalue weighted by Crippen LogP contribution is -2.15. The van der Waals surface area contributed by atoms with Gasteiger partial charge in [-0.25, -0.2) is 4.39 Å². The van der Waals surface area contributed by atoms with Gasteiger partial charge < -0.3 is 5.11 Å². The minimum absolute atomic E-state index is 0.0720. The molecule has 0 radical (unpaired) electrons. The molecule has 2 nitrogen and oxygen atoms in total. The summed E-state index contributed by atoms with van der Waals surface area (Å²) >= 11 is 1.58. The van der Waals surface area contributed by atoms with Crippen LogP contribution in [-0.2, 0) is 5.75 Å². The van der Waals surface area contributed by atoms with E-state index in [1.807, 2.05) is 13.0 Å². The highest BCUT2D eigenvalue weighted by Crippen LogP contribution is 2.21. The van der Waals surface area contributed by atoms with E-state index in [0.717, 1.165) is 5.56 Å². The second-order valence-corrected chi connectivity index (χ2v) is 5.05. The molecule has 1 aromatic carbocycles. The SMILES string of the molecule is CC(O)C(C)SCc1ccc(F)c(C#N)c1. The summed E-state index contributed by atoms with van der Waals surface area (Å²) in [6.07, 6.45) is -0.374. The number of hydrogen-bond acceptors (Lipinski definition) is 3. The Morgan fingerprint density at radius 2 is 2.19 bits per heavy atom. The van der Waals surface area contributed by atoms with Gasteiger partial charge in [0.15, 0.2) is 0 Å². The molecule has 86 valence electrons. The highest BCUT2D eigenvalue weighted by molar-refractivity contribution is 7.99. The molecule has 0 aromatic heterocycles. The topological polar surface area (TPSA) is 44.0 Å². The summed E-state index contributed by atoms with van der Waals surface area (Å²) in [6.45, 7) is 3.67. The Kier molecular flexibility index (Phi) is 4.78. The number of halogens is 1. The van der Waals surface area contributed by atoms with Crippen LogP contribution in [0.15, 0.2) is 18.2 Å². The maximum absolute atomic E-state index is 13.0. The number of thioether (sulfide) groups is 1. The summed E-state index contributed by atoms with van der Waals surface area (Å²) in [5.74, 6) is 0.181. The number of nitrogens with zero attached hydrogens (tertiary/aromatic N) is 1. The maximum atomic E-state index is 13.0. The first-order chi connectivity index (χ1) is 7.54. The van der Waals surface area contributed by atoms with Gasteiger partial charge >= 0.3 is 0 Å². The van der Waals surface area contributed by atoms with Crippen LogP contribution < -0.4 is 0 Å². The quantitative estimate of drug-likeness (QED) is 0.878. The van der Waals surface area contributed by atoms with Crippen molar-refractivity contribution in [2.45, 2.75) is 31.0 Å². The van der Waals surface area contributed by atoms with Gasteiger partial charge in [0.25, 0.3) is 0 Å². The summed E-state index contributed by atoms with van der Waals surface area (Å²) < 4.78 is 13.0. The van der Waals surface area contributed by atoms with Crippen molar-refractivity contribution >= 4 is 11.8 Å². The molecule has 4 heteroatoms. The second kappa shape index (κ2) is 5.88. The fourth-order valence-electron chi connectivity index (χ4n) is 1.11. The molecule has 0 aliphatic rings. The smallest absolute Gasteiger partial charge is 0.140 e. The van der Waals surface area contributed by atoms with Crippen molar-refractivity contribution in [1.82, 2.24) is 0 Å². The third-order valence-electron chi connectivity index (χ3n) is 2.34. The number of rotatable bonds is 4. The monoisotopic (exact) mass is 239 g/mol. The summed E-state index contributed by atoms with van der Waals surface area (Å²) in [5.41, 5.74) is 0.971. The molecule has 1 aromatic rings. The van der Waals surface area contributed by atoms with Crippen molar-refractivity contribution in [3.8, 4) is 6.07 Å². The molecule has 0 aliphatic carbocycles. The van der Waals surface area contributed by atoms with E-state index in [2.05, 4.69) is 0 Å². The van der Waals surface area contributed by atoms with Crippen LogP contribution >= 0.6 is 11.8 Å². The van der Waals surface area contributed by atoms with Gasteiger partial charge in [-0.15, -0.1) is 0 Å².